The van der Waals surface area contributed by atoms with Gasteiger partial charge < -0.3 is 20.4 Å². The van der Waals surface area contributed by atoms with E-state index in [1.54, 1.807) is 0 Å². The van der Waals surface area contributed by atoms with Gasteiger partial charge in [0.25, 0.3) is 11.8 Å². The summed E-state index contributed by atoms with van der Waals surface area (Å²) < 4.78 is 0. The molecule has 2 aliphatic heterocycles. The lowest BCUT2D eigenvalue weighted by molar-refractivity contribution is 0.0902. The lowest BCUT2D eigenvalue weighted by atomic mass is 10.00. The van der Waals surface area contributed by atoms with Crippen molar-refractivity contribution in [1.29, 1.82) is 0 Å². The molecular weight excluding hydrogens is 436 g/mol. The molecule has 8 nitrogen and oxygen atoms in total. The van der Waals surface area contributed by atoms with Gasteiger partial charge in [-0.25, -0.2) is 0 Å². The Labute approximate surface area is 199 Å². The van der Waals surface area contributed by atoms with Gasteiger partial charge in [0.15, 0.2) is 0 Å². The van der Waals surface area contributed by atoms with E-state index in [2.05, 4.69) is 30.6 Å². The predicted molar refractivity (Wildman–Crippen MR) is 131 cm³/mol. The minimum absolute atomic E-state index is 0.178. The van der Waals surface area contributed by atoms with Crippen molar-refractivity contribution in [2.75, 3.05) is 44.6 Å². The Bertz CT molecular complexity index is 917. The first-order chi connectivity index (χ1) is 16.1. The fourth-order valence-electron chi connectivity index (χ4n) is 4.60. The van der Waals surface area contributed by atoms with Gasteiger partial charge in [0.1, 0.15) is 0 Å². The molecule has 2 aromatic rings. The van der Waals surface area contributed by atoms with Crippen LogP contribution in [-0.2, 0) is 0 Å². The Morgan fingerprint density at radius 1 is 0.970 bits per heavy atom. The Balaban J connectivity index is 1.14. The van der Waals surface area contributed by atoms with Crippen molar-refractivity contribution in [3.63, 3.8) is 0 Å². The third-order valence-electron chi connectivity index (χ3n) is 6.52. The number of benzene rings is 1. The number of anilines is 1. The van der Waals surface area contributed by atoms with Gasteiger partial charge in [0.2, 0.25) is 10.0 Å². The predicted octanol–water partition coefficient (Wildman–Crippen LogP) is 3.17. The van der Waals surface area contributed by atoms with Crippen molar-refractivity contribution >= 4 is 28.8 Å². The maximum absolute atomic E-state index is 12.4. The first kappa shape index (κ1) is 23.8. The molecule has 0 unspecified atom stereocenters. The van der Waals surface area contributed by atoms with Gasteiger partial charge in [-0.15, -0.1) is 10.2 Å². The Morgan fingerprint density at radius 2 is 1.64 bits per heavy atom. The molecule has 2 saturated heterocycles. The lowest BCUT2D eigenvalue weighted by Gasteiger charge is -2.40. The summed E-state index contributed by atoms with van der Waals surface area (Å²) in [4.78, 5) is 29.9. The summed E-state index contributed by atoms with van der Waals surface area (Å²) in [6.45, 7) is 8.41. The fourth-order valence-corrected chi connectivity index (χ4v) is 5.26. The van der Waals surface area contributed by atoms with Crippen LogP contribution in [0.2, 0.25) is 0 Å². The number of nitrogens with one attached hydrogen (secondary N) is 2. The quantitative estimate of drug-likeness (QED) is 0.576. The third kappa shape index (κ3) is 6.82. The molecule has 0 spiro atoms. The van der Waals surface area contributed by atoms with Crippen LogP contribution in [0.4, 0.5) is 5.69 Å². The second-order valence-electron chi connectivity index (χ2n) is 9.01. The summed E-state index contributed by atoms with van der Waals surface area (Å²) in [7, 11) is 0. The maximum atomic E-state index is 12.4. The average molecular weight is 471 g/mol. The van der Waals surface area contributed by atoms with Crippen molar-refractivity contribution in [3.05, 3.63) is 39.8 Å². The Morgan fingerprint density at radius 3 is 2.33 bits per heavy atom. The molecule has 3 heterocycles. The largest absolute Gasteiger partial charge is 0.350 e. The average Bonchev–Trinajstić information content (AvgIpc) is 3.35. The summed E-state index contributed by atoms with van der Waals surface area (Å²) in [6, 6.07) is 8.27. The molecule has 2 aliphatic rings. The van der Waals surface area contributed by atoms with Crippen molar-refractivity contribution in [2.24, 2.45) is 0 Å². The van der Waals surface area contributed by atoms with Crippen LogP contribution < -0.4 is 10.6 Å². The Hall–Kier alpha value is -2.36. The van der Waals surface area contributed by atoms with Crippen LogP contribution in [0.5, 0.6) is 0 Å². The smallest absolute Gasteiger partial charge is 0.286 e. The maximum Gasteiger partial charge on any atom is 0.286 e. The molecule has 0 saturated carbocycles. The van der Waals surface area contributed by atoms with Crippen LogP contribution in [-0.4, -0.2) is 77.1 Å². The first-order valence-electron chi connectivity index (χ1n) is 12.0. The minimum atomic E-state index is -0.358. The van der Waals surface area contributed by atoms with E-state index in [0.29, 0.717) is 12.2 Å². The number of amides is 2. The molecular formula is C24H34N6O2S. The summed E-state index contributed by atoms with van der Waals surface area (Å²) in [5, 5.41) is 13.9. The van der Waals surface area contributed by atoms with Crippen LogP contribution in [0, 0.1) is 6.92 Å². The highest BCUT2D eigenvalue weighted by molar-refractivity contribution is 7.15. The minimum Gasteiger partial charge on any atom is -0.350 e. The summed E-state index contributed by atoms with van der Waals surface area (Å²) in [5.41, 5.74) is 1.80. The summed E-state index contributed by atoms with van der Waals surface area (Å²) >= 11 is 1.01. The summed E-state index contributed by atoms with van der Waals surface area (Å²) in [6.07, 6.45) is 7.51. The van der Waals surface area contributed by atoms with E-state index < -0.39 is 0 Å². The molecule has 33 heavy (non-hydrogen) atoms. The van der Waals surface area contributed by atoms with Crippen molar-refractivity contribution in [2.45, 2.75) is 51.5 Å². The molecule has 2 fully saturated rings. The second kappa shape index (κ2) is 11.7. The van der Waals surface area contributed by atoms with Crippen LogP contribution in [0.3, 0.4) is 0 Å². The van der Waals surface area contributed by atoms with Crippen molar-refractivity contribution in [1.82, 2.24) is 25.3 Å². The number of hydrogen-bond acceptors (Lipinski definition) is 7. The highest BCUT2D eigenvalue weighted by atomic mass is 32.1. The van der Waals surface area contributed by atoms with Crippen molar-refractivity contribution in [3.8, 4) is 0 Å². The number of piperidine rings is 2. The first-order valence-corrected chi connectivity index (χ1v) is 12.9. The zero-order valence-electron chi connectivity index (χ0n) is 19.4. The molecule has 0 radical (unpaired) electrons. The van der Waals surface area contributed by atoms with Gasteiger partial charge in [-0.2, -0.15) is 0 Å². The number of aryl methyl sites for hydroxylation is 1. The number of rotatable bonds is 8. The fraction of sp³-hybridized carbons (Fsp3) is 0.583. The molecule has 0 bridgehead atoms. The molecule has 1 aromatic carbocycles. The molecule has 2 N–H and O–H groups in total. The van der Waals surface area contributed by atoms with E-state index in [1.165, 1.54) is 45.2 Å². The zero-order chi connectivity index (χ0) is 23.0. The molecule has 178 valence electrons. The van der Waals surface area contributed by atoms with Gasteiger partial charge in [-0.3, -0.25) is 9.59 Å². The molecule has 9 heteroatoms. The zero-order valence-corrected chi connectivity index (χ0v) is 20.2. The van der Waals surface area contributed by atoms with E-state index in [0.717, 1.165) is 49.0 Å². The third-order valence-corrected chi connectivity index (χ3v) is 7.44. The Kier molecular flexibility index (Phi) is 8.41. The van der Waals surface area contributed by atoms with Gasteiger partial charge in [0, 0.05) is 18.3 Å². The standard InChI is InChI=1S/C24H34N6O2S/c1-18-6-8-19(9-7-18)26-22(32)24-28-27-23(33-24)21(31)25-12-5-13-29-16-10-20(11-17-29)30-14-3-2-4-15-30/h6-9,20H,2-5,10-17H2,1H3,(H,25,31)(H,26,32). The van der Waals surface area contributed by atoms with E-state index in [9.17, 15) is 9.59 Å². The lowest BCUT2D eigenvalue weighted by Crippen LogP contribution is -2.47. The number of carbonyl (C=O) groups is 2. The van der Waals surface area contributed by atoms with Crippen LogP contribution in [0.1, 0.15) is 63.7 Å². The van der Waals surface area contributed by atoms with Gasteiger partial charge >= 0.3 is 0 Å². The normalized spacial score (nSPS) is 18.2. The van der Waals surface area contributed by atoms with Gasteiger partial charge in [-0.05, 0) is 83.9 Å². The topological polar surface area (TPSA) is 90.5 Å². The molecule has 0 aliphatic carbocycles. The van der Waals surface area contributed by atoms with Crippen LogP contribution in [0.15, 0.2) is 24.3 Å². The number of carbonyl (C=O) groups excluding carboxylic acids is 2. The second-order valence-corrected chi connectivity index (χ2v) is 9.99. The number of nitrogens with zero attached hydrogens (tertiary/aromatic N) is 4. The number of likely N-dealkylation sites (tertiary alicyclic amines) is 2. The van der Waals surface area contributed by atoms with E-state index in [1.807, 2.05) is 31.2 Å². The van der Waals surface area contributed by atoms with E-state index in [4.69, 9.17) is 0 Å². The molecule has 0 atom stereocenters. The molecule has 1 aromatic heterocycles. The monoisotopic (exact) mass is 470 g/mol. The van der Waals surface area contributed by atoms with E-state index >= 15 is 0 Å². The SMILES string of the molecule is Cc1ccc(NC(=O)c2nnc(C(=O)NCCCN3CCC(N4CCCCC4)CC3)s2)cc1. The van der Waals surface area contributed by atoms with E-state index in [-0.39, 0.29) is 21.8 Å². The number of aromatic nitrogens is 2. The van der Waals surface area contributed by atoms with Crippen LogP contribution in [0.25, 0.3) is 0 Å². The number of hydrogen-bond donors (Lipinski definition) is 2. The summed E-state index contributed by atoms with van der Waals surface area (Å²) in [5.74, 6) is -0.631. The van der Waals surface area contributed by atoms with Crippen molar-refractivity contribution < 1.29 is 9.59 Å². The van der Waals surface area contributed by atoms with Gasteiger partial charge in [0.05, 0.1) is 0 Å². The molecule has 2 amide bonds. The highest BCUT2D eigenvalue weighted by Gasteiger charge is 2.25. The highest BCUT2D eigenvalue weighted by Crippen LogP contribution is 2.21. The van der Waals surface area contributed by atoms with Crippen LogP contribution >= 0.6 is 11.3 Å². The van der Waals surface area contributed by atoms with Gasteiger partial charge in [-0.1, -0.05) is 35.5 Å². The molecule has 4 rings (SSSR count).